The molecule has 0 saturated carbocycles. The maximum absolute atomic E-state index is 10.4. The summed E-state index contributed by atoms with van der Waals surface area (Å²) in [6.45, 7) is 0. The zero-order valence-electron chi connectivity index (χ0n) is 8.79. The molecule has 0 spiro atoms. The molecule has 0 aliphatic heterocycles. The van der Waals surface area contributed by atoms with E-state index in [2.05, 4.69) is 16.2 Å². The Morgan fingerprint density at radius 3 is 3.06 bits per heavy atom. The van der Waals surface area contributed by atoms with Gasteiger partial charge in [0.05, 0.1) is 23.7 Å². The highest BCUT2D eigenvalue weighted by molar-refractivity contribution is 5.51. The molecule has 2 aromatic heterocycles. The Kier molecular flexibility index (Phi) is 2.76. The van der Waals surface area contributed by atoms with E-state index in [1.54, 1.807) is 22.6 Å². The normalized spacial score (nSPS) is 11.4. The second-order valence-corrected chi connectivity index (χ2v) is 3.28. The van der Waals surface area contributed by atoms with Gasteiger partial charge in [0, 0.05) is 0 Å². The van der Waals surface area contributed by atoms with Crippen molar-refractivity contribution in [2.75, 3.05) is 0 Å². The summed E-state index contributed by atoms with van der Waals surface area (Å²) in [5.41, 5.74) is 1.77. The van der Waals surface area contributed by atoms with Crippen LogP contribution in [0.5, 0.6) is 0 Å². The van der Waals surface area contributed by atoms with Gasteiger partial charge in [-0.15, -0.1) is 6.42 Å². The minimum atomic E-state index is -0.767. The number of hydrogen-bond donors (Lipinski definition) is 1. The van der Waals surface area contributed by atoms with Gasteiger partial charge >= 0.3 is 0 Å². The highest BCUT2D eigenvalue weighted by Crippen LogP contribution is 2.16. The predicted molar refractivity (Wildman–Crippen MR) is 60.7 cm³/mol. The Labute approximate surface area is 97.7 Å². The number of carbonyl (C=O) groups excluding carboxylic acids is 1. The Bertz CT molecular complexity index is 645. The first-order valence-electron chi connectivity index (χ1n) is 4.84. The van der Waals surface area contributed by atoms with Gasteiger partial charge in [-0.1, -0.05) is 12.0 Å². The van der Waals surface area contributed by atoms with Crippen molar-refractivity contribution in [2.24, 2.45) is 0 Å². The summed E-state index contributed by atoms with van der Waals surface area (Å²) < 4.78 is 1.67. The number of carbonyl (C=O) groups is 1. The van der Waals surface area contributed by atoms with Gasteiger partial charge in [-0.2, -0.15) is 5.26 Å². The molecule has 1 unspecified atom stereocenters. The molecule has 1 amide bonds. The van der Waals surface area contributed by atoms with Crippen LogP contribution in [0, 0.1) is 23.7 Å². The van der Waals surface area contributed by atoms with Crippen LogP contribution in [0.2, 0.25) is 0 Å². The third-order valence-corrected chi connectivity index (χ3v) is 2.36. The van der Waals surface area contributed by atoms with Crippen LogP contribution < -0.4 is 5.32 Å². The number of terminal acetylenes is 1. The molecule has 0 saturated heterocycles. The summed E-state index contributed by atoms with van der Waals surface area (Å²) in [5, 5.41) is 11.4. The Balaban J connectivity index is 2.67. The third kappa shape index (κ3) is 1.70. The van der Waals surface area contributed by atoms with Crippen molar-refractivity contribution in [1.29, 1.82) is 5.26 Å². The first kappa shape index (κ1) is 10.7. The molecule has 82 valence electrons. The summed E-state index contributed by atoms with van der Waals surface area (Å²) in [6, 6.07) is 6.52. The zero-order chi connectivity index (χ0) is 12.3. The van der Waals surface area contributed by atoms with E-state index in [-0.39, 0.29) is 0 Å². The third-order valence-electron chi connectivity index (χ3n) is 2.36. The number of nitrogens with zero attached hydrogens (tertiary/aromatic N) is 3. The minimum Gasteiger partial charge on any atom is -0.338 e. The lowest BCUT2D eigenvalue weighted by Gasteiger charge is -2.08. The molecule has 0 aliphatic carbocycles. The highest BCUT2D eigenvalue weighted by atomic mass is 16.1. The summed E-state index contributed by atoms with van der Waals surface area (Å²) in [4.78, 5) is 14.6. The molecular formula is C12H8N4O. The summed E-state index contributed by atoms with van der Waals surface area (Å²) >= 11 is 0. The van der Waals surface area contributed by atoms with E-state index in [0.717, 1.165) is 0 Å². The van der Waals surface area contributed by atoms with Crippen molar-refractivity contribution in [2.45, 2.75) is 6.04 Å². The van der Waals surface area contributed by atoms with Crippen LogP contribution >= 0.6 is 0 Å². The van der Waals surface area contributed by atoms with Crippen molar-refractivity contribution < 1.29 is 4.79 Å². The van der Waals surface area contributed by atoms with Gasteiger partial charge in [0.15, 0.2) is 6.04 Å². The molecular weight excluding hydrogens is 216 g/mol. The summed E-state index contributed by atoms with van der Waals surface area (Å²) in [6.07, 6.45) is 7.39. The number of fused-ring (bicyclic) bond motifs is 1. The molecule has 17 heavy (non-hydrogen) atoms. The van der Waals surface area contributed by atoms with Crippen molar-refractivity contribution in [1.82, 2.24) is 14.7 Å². The van der Waals surface area contributed by atoms with Gasteiger partial charge in [-0.05, 0) is 12.1 Å². The summed E-state index contributed by atoms with van der Waals surface area (Å²) in [7, 11) is 0. The first-order valence-corrected chi connectivity index (χ1v) is 4.84. The van der Waals surface area contributed by atoms with Crippen LogP contribution in [0.4, 0.5) is 0 Å². The van der Waals surface area contributed by atoms with Crippen LogP contribution in [0.1, 0.15) is 17.4 Å². The van der Waals surface area contributed by atoms with Gasteiger partial charge in [0.25, 0.3) is 0 Å². The standard InChI is InChI=1S/C12H8N4O/c1-2-9-4-3-5-12-14-7-11(16(9)12)10(6-13)15-8-17/h1,3-5,7-8,10H,(H,15,17). The molecule has 1 N–H and O–H groups in total. The molecule has 0 fully saturated rings. The molecule has 0 bridgehead atoms. The monoisotopic (exact) mass is 224 g/mol. The smallest absolute Gasteiger partial charge is 0.208 e. The topological polar surface area (TPSA) is 70.2 Å². The Morgan fingerprint density at radius 1 is 1.59 bits per heavy atom. The molecule has 5 nitrogen and oxygen atoms in total. The second-order valence-electron chi connectivity index (χ2n) is 3.28. The van der Waals surface area contributed by atoms with E-state index >= 15 is 0 Å². The number of aromatic nitrogens is 2. The number of amides is 1. The van der Waals surface area contributed by atoms with E-state index in [1.165, 1.54) is 6.20 Å². The molecule has 2 rings (SSSR count). The molecule has 0 radical (unpaired) electrons. The molecule has 2 aromatic rings. The predicted octanol–water partition coefficient (Wildman–Crippen LogP) is 0.626. The van der Waals surface area contributed by atoms with Crippen LogP contribution in [0.3, 0.4) is 0 Å². The number of pyridine rings is 1. The minimum absolute atomic E-state index is 0.478. The Hall–Kier alpha value is -2.79. The zero-order valence-corrected chi connectivity index (χ0v) is 8.79. The van der Waals surface area contributed by atoms with Gasteiger partial charge in [-0.25, -0.2) is 4.98 Å². The maximum atomic E-state index is 10.4. The molecule has 0 aliphatic rings. The van der Waals surface area contributed by atoms with Gasteiger partial charge in [0.2, 0.25) is 6.41 Å². The number of nitrogens with one attached hydrogen (secondary N) is 1. The number of rotatable bonds is 3. The van der Waals surface area contributed by atoms with E-state index in [4.69, 9.17) is 11.7 Å². The number of imidazole rings is 1. The van der Waals surface area contributed by atoms with Gasteiger partial charge in [0.1, 0.15) is 5.65 Å². The average Bonchev–Trinajstić information content (AvgIpc) is 2.79. The number of hydrogen-bond acceptors (Lipinski definition) is 3. The van der Waals surface area contributed by atoms with Crippen molar-refractivity contribution >= 4 is 12.1 Å². The van der Waals surface area contributed by atoms with Gasteiger partial charge < -0.3 is 5.32 Å². The fourth-order valence-electron chi connectivity index (χ4n) is 1.63. The van der Waals surface area contributed by atoms with Crippen LogP contribution in [0.15, 0.2) is 24.4 Å². The molecule has 5 heteroatoms. The average molecular weight is 224 g/mol. The largest absolute Gasteiger partial charge is 0.338 e. The number of nitriles is 1. The van der Waals surface area contributed by atoms with Crippen molar-refractivity contribution in [3.63, 3.8) is 0 Å². The van der Waals surface area contributed by atoms with Crippen molar-refractivity contribution in [3.8, 4) is 18.4 Å². The lowest BCUT2D eigenvalue weighted by atomic mass is 10.2. The van der Waals surface area contributed by atoms with Crippen LogP contribution in [0.25, 0.3) is 5.65 Å². The van der Waals surface area contributed by atoms with Crippen LogP contribution in [-0.4, -0.2) is 15.8 Å². The maximum Gasteiger partial charge on any atom is 0.208 e. The van der Waals surface area contributed by atoms with E-state index in [0.29, 0.717) is 23.4 Å². The second kappa shape index (κ2) is 4.38. The Morgan fingerprint density at radius 2 is 2.41 bits per heavy atom. The fraction of sp³-hybridized carbons (Fsp3) is 0.0833. The van der Waals surface area contributed by atoms with Crippen molar-refractivity contribution in [3.05, 3.63) is 35.8 Å². The van der Waals surface area contributed by atoms with E-state index in [9.17, 15) is 4.79 Å². The molecule has 1 atom stereocenters. The SMILES string of the molecule is C#Cc1cccc2ncc(C(C#N)NC=O)n12. The summed E-state index contributed by atoms with van der Waals surface area (Å²) in [5.74, 6) is 2.51. The van der Waals surface area contributed by atoms with Gasteiger partial charge in [-0.3, -0.25) is 9.20 Å². The molecule has 2 heterocycles. The molecule has 0 aromatic carbocycles. The fourth-order valence-corrected chi connectivity index (χ4v) is 1.63. The van der Waals surface area contributed by atoms with E-state index < -0.39 is 6.04 Å². The lowest BCUT2D eigenvalue weighted by molar-refractivity contribution is -0.109. The first-order chi connectivity index (χ1) is 8.31. The van der Waals surface area contributed by atoms with Crippen LogP contribution in [-0.2, 0) is 4.79 Å². The lowest BCUT2D eigenvalue weighted by Crippen LogP contribution is -2.19. The quantitative estimate of drug-likeness (QED) is 0.614. The van der Waals surface area contributed by atoms with E-state index in [1.807, 2.05) is 6.07 Å². The highest BCUT2D eigenvalue weighted by Gasteiger charge is 2.15.